The number of ether oxygens (including phenoxy) is 3. The Labute approximate surface area is 202 Å². The molecule has 0 saturated heterocycles. The second-order valence-corrected chi connectivity index (χ2v) is 8.50. The van der Waals surface area contributed by atoms with Gasteiger partial charge in [-0.15, -0.1) is 0 Å². The van der Waals surface area contributed by atoms with Gasteiger partial charge in [-0.05, 0) is 24.5 Å². The van der Waals surface area contributed by atoms with Crippen LogP contribution in [-0.2, 0) is 35.2 Å². The van der Waals surface area contributed by atoms with E-state index in [4.69, 9.17) is 14.2 Å². The zero-order chi connectivity index (χ0) is 25.1. The lowest BCUT2D eigenvalue weighted by Gasteiger charge is -2.34. The second-order valence-electron chi connectivity index (χ2n) is 8.50. The summed E-state index contributed by atoms with van der Waals surface area (Å²) in [5.41, 5.74) is 1.82. The molecular formula is C27H35NO6. The van der Waals surface area contributed by atoms with E-state index < -0.39 is 36.1 Å². The summed E-state index contributed by atoms with van der Waals surface area (Å²) in [6, 6.07) is 18.6. The summed E-state index contributed by atoms with van der Waals surface area (Å²) in [5.74, 6) is -1.42. The molecule has 34 heavy (non-hydrogen) atoms. The Morgan fingerprint density at radius 2 is 1.41 bits per heavy atom. The maximum absolute atomic E-state index is 13.2. The minimum Gasteiger partial charge on any atom is -0.460 e. The van der Waals surface area contributed by atoms with Crippen molar-refractivity contribution < 1.29 is 28.6 Å². The first kappa shape index (κ1) is 27.1. The predicted molar refractivity (Wildman–Crippen MR) is 129 cm³/mol. The average molecular weight is 470 g/mol. The van der Waals surface area contributed by atoms with Crippen molar-refractivity contribution in [1.82, 2.24) is 4.90 Å². The summed E-state index contributed by atoms with van der Waals surface area (Å²) in [6.07, 6.45) is -0.839. The maximum Gasteiger partial charge on any atom is 0.303 e. The first-order chi connectivity index (χ1) is 16.2. The van der Waals surface area contributed by atoms with Crippen molar-refractivity contribution >= 4 is 17.8 Å². The molecule has 0 spiro atoms. The fraction of sp³-hybridized carbons (Fsp3) is 0.444. The summed E-state index contributed by atoms with van der Waals surface area (Å²) in [6.45, 7) is 6.91. The van der Waals surface area contributed by atoms with Gasteiger partial charge in [0, 0.05) is 26.8 Å². The third-order valence-corrected chi connectivity index (χ3v) is 5.60. The second kappa shape index (κ2) is 13.5. The van der Waals surface area contributed by atoms with Crippen molar-refractivity contribution in [2.75, 3.05) is 13.7 Å². The average Bonchev–Trinajstić information content (AvgIpc) is 2.81. The monoisotopic (exact) mass is 469 g/mol. The number of benzene rings is 2. The highest BCUT2D eigenvalue weighted by Gasteiger charge is 2.31. The Morgan fingerprint density at radius 3 is 1.97 bits per heavy atom. The Kier molecular flexibility index (Phi) is 10.7. The summed E-state index contributed by atoms with van der Waals surface area (Å²) >= 11 is 0. The van der Waals surface area contributed by atoms with Crippen LogP contribution in [0.25, 0.3) is 0 Å². The normalized spacial score (nSPS) is 14.4. The van der Waals surface area contributed by atoms with Crippen LogP contribution in [0.1, 0.15) is 51.3 Å². The van der Waals surface area contributed by atoms with Crippen molar-refractivity contribution in [2.45, 2.75) is 59.0 Å². The molecule has 0 saturated carbocycles. The molecule has 0 aliphatic rings. The van der Waals surface area contributed by atoms with Crippen molar-refractivity contribution in [3.8, 4) is 0 Å². The van der Waals surface area contributed by atoms with E-state index in [0.717, 1.165) is 11.1 Å². The van der Waals surface area contributed by atoms with Crippen LogP contribution in [0.3, 0.4) is 0 Å². The lowest BCUT2D eigenvalue weighted by molar-refractivity contribution is -0.156. The van der Waals surface area contributed by atoms with E-state index in [1.807, 2.05) is 67.6 Å². The minimum absolute atomic E-state index is 0.138. The van der Waals surface area contributed by atoms with Gasteiger partial charge in [0.1, 0.15) is 12.2 Å². The molecule has 0 N–H and O–H groups in total. The van der Waals surface area contributed by atoms with Crippen LogP contribution in [0.15, 0.2) is 60.7 Å². The molecule has 2 aromatic rings. The van der Waals surface area contributed by atoms with Gasteiger partial charge in [0.15, 0.2) is 0 Å². The molecule has 0 aliphatic heterocycles. The molecule has 1 amide bonds. The van der Waals surface area contributed by atoms with Gasteiger partial charge in [-0.2, -0.15) is 0 Å². The number of carbonyl (C=O) groups excluding carboxylic acids is 3. The van der Waals surface area contributed by atoms with E-state index in [1.165, 1.54) is 13.8 Å². The Bertz CT molecular complexity index is 917. The number of likely N-dealkylation sites (N-methyl/N-ethyl adjacent to an activating group) is 1. The van der Waals surface area contributed by atoms with Crippen molar-refractivity contribution in [3.63, 3.8) is 0 Å². The number of hydrogen-bond donors (Lipinski definition) is 0. The van der Waals surface area contributed by atoms with Gasteiger partial charge in [0.2, 0.25) is 5.91 Å². The molecule has 2 rings (SSSR count). The van der Waals surface area contributed by atoms with Crippen LogP contribution in [0, 0.1) is 5.92 Å². The molecule has 2 aromatic carbocycles. The molecular weight excluding hydrogens is 434 g/mol. The third kappa shape index (κ3) is 8.63. The lowest BCUT2D eigenvalue weighted by atomic mass is 9.98. The highest BCUT2D eigenvalue weighted by molar-refractivity contribution is 5.78. The Morgan fingerprint density at radius 1 is 0.853 bits per heavy atom. The summed E-state index contributed by atoms with van der Waals surface area (Å²) in [5, 5.41) is 0. The third-order valence-electron chi connectivity index (χ3n) is 5.60. The van der Waals surface area contributed by atoms with Gasteiger partial charge in [0.25, 0.3) is 0 Å². The topological polar surface area (TPSA) is 82.1 Å². The number of esters is 2. The molecule has 7 heteroatoms. The van der Waals surface area contributed by atoms with Gasteiger partial charge in [-0.1, -0.05) is 67.6 Å². The largest absolute Gasteiger partial charge is 0.460 e. The molecule has 7 nitrogen and oxygen atoms in total. The first-order valence-corrected chi connectivity index (χ1v) is 11.5. The Hall–Kier alpha value is -3.19. The number of amides is 1. The number of carbonyl (C=O) groups is 3. The molecule has 0 bridgehead atoms. The van der Waals surface area contributed by atoms with E-state index in [-0.39, 0.29) is 12.5 Å². The Balaban J connectivity index is 2.02. The SMILES string of the molecule is CC(=O)O[C@H](COCc1ccccc1)C[C@H](C)C(=O)N(C)[C@@H](C)[C@@H](OC(C)=O)c1ccccc1. The lowest BCUT2D eigenvalue weighted by Crippen LogP contribution is -2.43. The van der Waals surface area contributed by atoms with Gasteiger partial charge >= 0.3 is 11.9 Å². The summed E-state index contributed by atoms with van der Waals surface area (Å²) < 4.78 is 16.7. The fourth-order valence-corrected chi connectivity index (χ4v) is 3.78. The van der Waals surface area contributed by atoms with Crippen LogP contribution in [-0.4, -0.2) is 48.5 Å². The number of hydrogen-bond acceptors (Lipinski definition) is 6. The van der Waals surface area contributed by atoms with E-state index >= 15 is 0 Å². The number of nitrogens with zero attached hydrogens (tertiary/aromatic N) is 1. The summed E-state index contributed by atoms with van der Waals surface area (Å²) in [4.78, 5) is 38.1. The summed E-state index contributed by atoms with van der Waals surface area (Å²) in [7, 11) is 1.69. The van der Waals surface area contributed by atoms with Crippen molar-refractivity contribution in [3.05, 3.63) is 71.8 Å². The smallest absolute Gasteiger partial charge is 0.303 e. The minimum atomic E-state index is -0.599. The molecule has 184 valence electrons. The van der Waals surface area contributed by atoms with E-state index in [1.54, 1.807) is 18.9 Å². The fourth-order valence-electron chi connectivity index (χ4n) is 3.78. The van der Waals surface area contributed by atoms with Crippen molar-refractivity contribution in [2.24, 2.45) is 5.92 Å². The van der Waals surface area contributed by atoms with Gasteiger partial charge in [0.05, 0.1) is 19.3 Å². The van der Waals surface area contributed by atoms with E-state index in [0.29, 0.717) is 13.0 Å². The molecule has 4 atom stereocenters. The molecule has 0 fully saturated rings. The van der Waals surface area contributed by atoms with Crippen LogP contribution in [0.2, 0.25) is 0 Å². The van der Waals surface area contributed by atoms with Crippen LogP contribution >= 0.6 is 0 Å². The molecule has 0 unspecified atom stereocenters. The highest BCUT2D eigenvalue weighted by atomic mass is 16.6. The predicted octanol–water partition coefficient (Wildman–Crippen LogP) is 4.31. The van der Waals surface area contributed by atoms with Crippen LogP contribution in [0.4, 0.5) is 0 Å². The molecule has 0 aliphatic carbocycles. The van der Waals surface area contributed by atoms with Gasteiger partial charge in [-0.25, -0.2) is 0 Å². The van der Waals surface area contributed by atoms with Gasteiger partial charge in [-0.3, -0.25) is 14.4 Å². The zero-order valence-electron chi connectivity index (χ0n) is 20.6. The standard InChI is InChI=1S/C27H35NO6/c1-19(16-25(33-21(3)29)18-32-17-23-12-8-6-9-13-23)27(31)28(5)20(2)26(34-22(4)30)24-14-10-7-11-15-24/h6-15,19-20,25-26H,16-18H2,1-5H3/t19-,20-,25-,26+/m0/s1. The van der Waals surface area contributed by atoms with Crippen LogP contribution in [0.5, 0.6) is 0 Å². The highest BCUT2D eigenvalue weighted by Crippen LogP contribution is 2.26. The molecule has 0 heterocycles. The maximum atomic E-state index is 13.2. The number of rotatable bonds is 12. The van der Waals surface area contributed by atoms with E-state index in [9.17, 15) is 14.4 Å². The molecule has 0 radical (unpaired) electrons. The van der Waals surface area contributed by atoms with Crippen molar-refractivity contribution in [1.29, 1.82) is 0 Å². The first-order valence-electron chi connectivity index (χ1n) is 11.5. The van der Waals surface area contributed by atoms with Crippen LogP contribution < -0.4 is 0 Å². The quantitative estimate of drug-likeness (QED) is 0.431. The molecule has 0 aromatic heterocycles. The van der Waals surface area contributed by atoms with Gasteiger partial charge < -0.3 is 19.1 Å². The zero-order valence-corrected chi connectivity index (χ0v) is 20.6. The van der Waals surface area contributed by atoms with E-state index in [2.05, 4.69) is 0 Å².